The number of fused-ring (bicyclic) bond motifs is 1. The fraction of sp³-hybridized carbons (Fsp3) is 0.333. The van der Waals surface area contributed by atoms with Crippen molar-refractivity contribution in [3.63, 3.8) is 0 Å². The van der Waals surface area contributed by atoms with Gasteiger partial charge in [0, 0.05) is 16.0 Å². The Balaban J connectivity index is 1.61. The van der Waals surface area contributed by atoms with Crippen molar-refractivity contribution in [2.75, 3.05) is 12.4 Å². The van der Waals surface area contributed by atoms with Crippen LogP contribution in [0, 0.1) is 20.8 Å². The highest BCUT2D eigenvalue weighted by Crippen LogP contribution is 2.34. The van der Waals surface area contributed by atoms with Crippen molar-refractivity contribution in [2.24, 2.45) is 0 Å². The molecule has 0 aliphatic carbocycles. The zero-order chi connectivity index (χ0) is 17.1. The molecule has 6 heteroatoms. The number of aliphatic hydroxyl groups excluding tert-OH is 1. The van der Waals surface area contributed by atoms with Crippen molar-refractivity contribution in [3.05, 3.63) is 46.6 Å². The van der Waals surface area contributed by atoms with Gasteiger partial charge in [-0.05, 0) is 44.0 Å². The summed E-state index contributed by atoms with van der Waals surface area (Å²) in [6.45, 7) is 6.48. The van der Waals surface area contributed by atoms with Gasteiger partial charge in [0.1, 0.15) is 28.5 Å². The summed E-state index contributed by atoms with van der Waals surface area (Å²) in [5.41, 5.74) is 2.37. The van der Waals surface area contributed by atoms with Gasteiger partial charge in [-0.2, -0.15) is 0 Å². The van der Waals surface area contributed by atoms with E-state index >= 15 is 0 Å². The maximum atomic E-state index is 10.2. The lowest BCUT2D eigenvalue weighted by Crippen LogP contribution is -2.20. The topological polar surface area (TPSA) is 55.2 Å². The van der Waals surface area contributed by atoms with Crippen molar-refractivity contribution in [3.8, 4) is 5.75 Å². The number of thioether (sulfide) groups is 1. The van der Waals surface area contributed by atoms with Crippen LogP contribution in [0.2, 0.25) is 0 Å². The molecule has 1 atom stereocenters. The Bertz CT molecular complexity index is 848. The molecule has 0 aliphatic heterocycles. The predicted octanol–water partition coefficient (Wildman–Crippen LogP) is 4.15. The molecule has 0 bridgehead atoms. The number of aryl methyl sites for hydroxylation is 3. The standard InChI is InChI=1S/C18H20N2O2S2/c1-11-5-4-6-15(7-11)22-8-14(21)9-23-17-16-12(2)13(3)24-18(16)20-10-19-17/h4-7,10,14,21H,8-9H2,1-3H3. The van der Waals surface area contributed by atoms with Gasteiger partial charge in [-0.15, -0.1) is 23.1 Å². The third-order valence-corrected chi connectivity index (χ3v) is 6.02. The van der Waals surface area contributed by atoms with E-state index in [0.29, 0.717) is 5.75 Å². The Morgan fingerprint density at radius 1 is 1.25 bits per heavy atom. The van der Waals surface area contributed by atoms with Gasteiger partial charge in [-0.25, -0.2) is 9.97 Å². The maximum absolute atomic E-state index is 10.2. The smallest absolute Gasteiger partial charge is 0.128 e. The highest BCUT2D eigenvalue weighted by molar-refractivity contribution is 7.99. The van der Waals surface area contributed by atoms with Crippen molar-refractivity contribution >= 4 is 33.3 Å². The van der Waals surface area contributed by atoms with E-state index in [1.165, 1.54) is 10.4 Å². The van der Waals surface area contributed by atoms with Crippen LogP contribution in [0.25, 0.3) is 10.2 Å². The van der Waals surface area contributed by atoms with Gasteiger partial charge in [0.05, 0.1) is 6.10 Å². The average Bonchev–Trinajstić information content (AvgIpc) is 2.86. The highest BCUT2D eigenvalue weighted by Gasteiger charge is 2.14. The third-order valence-electron chi connectivity index (χ3n) is 3.77. The molecule has 1 N–H and O–H groups in total. The van der Waals surface area contributed by atoms with Crippen LogP contribution >= 0.6 is 23.1 Å². The molecule has 0 spiro atoms. The van der Waals surface area contributed by atoms with Crippen LogP contribution in [-0.4, -0.2) is 33.5 Å². The van der Waals surface area contributed by atoms with Gasteiger partial charge in [0.2, 0.25) is 0 Å². The fourth-order valence-corrected chi connectivity index (χ4v) is 4.40. The van der Waals surface area contributed by atoms with Gasteiger partial charge in [-0.1, -0.05) is 12.1 Å². The SMILES string of the molecule is Cc1cccc(OCC(O)CSc2ncnc3sc(C)c(C)c23)c1. The Hall–Kier alpha value is -1.63. The summed E-state index contributed by atoms with van der Waals surface area (Å²) in [4.78, 5) is 11.0. The zero-order valence-electron chi connectivity index (χ0n) is 13.9. The molecular weight excluding hydrogens is 340 g/mol. The van der Waals surface area contributed by atoms with Crippen LogP contribution in [0.15, 0.2) is 35.6 Å². The lowest BCUT2D eigenvalue weighted by atomic mass is 10.2. The zero-order valence-corrected chi connectivity index (χ0v) is 15.6. The minimum atomic E-state index is -0.555. The molecule has 0 fully saturated rings. The van der Waals surface area contributed by atoms with Gasteiger partial charge < -0.3 is 9.84 Å². The monoisotopic (exact) mass is 360 g/mol. The molecule has 3 aromatic rings. The summed E-state index contributed by atoms with van der Waals surface area (Å²) in [7, 11) is 0. The van der Waals surface area contributed by atoms with E-state index in [9.17, 15) is 5.11 Å². The number of hydrogen-bond donors (Lipinski definition) is 1. The predicted molar refractivity (Wildman–Crippen MR) is 100 cm³/mol. The molecule has 0 radical (unpaired) electrons. The van der Waals surface area contributed by atoms with E-state index in [2.05, 4.69) is 23.8 Å². The lowest BCUT2D eigenvalue weighted by Gasteiger charge is -2.12. The maximum Gasteiger partial charge on any atom is 0.128 e. The molecule has 126 valence electrons. The van der Waals surface area contributed by atoms with Crippen LogP contribution < -0.4 is 4.74 Å². The Labute approximate surface area is 149 Å². The van der Waals surface area contributed by atoms with Gasteiger partial charge >= 0.3 is 0 Å². The highest BCUT2D eigenvalue weighted by atomic mass is 32.2. The first-order valence-corrected chi connectivity index (χ1v) is 9.56. The number of hydrogen-bond acceptors (Lipinski definition) is 6. The molecule has 0 saturated heterocycles. The normalized spacial score (nSPS) is 12.5. The molecule has 0 aliphatic rings. The van der Waals surface area contributed by atoms with E-state index in [1.807, 2.05) is 31.2 Å². The summed E-state index contributed by atoms with van der Waals surface area (Å²) in [5, 5.41) is 12.2. The molecule has 3 rings (SSSR count). The lowest BCUT2D eigenvalue weighted by molar-refractivity contribution is 0.126. The van der Waals surface area contributed by atoms with Gasteiger partial charge in [0.25, 0.3) is 0 Å². The second-order valence-corrected chi connectivity index (χ2v) is 7.95. The second-order valence-electron chi connectivity index (χ2n) is 5.73. The van der Waals surface area contributed by atoms with Crippen molar-refractivity contribution in [1.29, 1.82) is 0 Å². The molecule has 1 unspecified atom stereocenters. The van der Waals surface area contributed by atoms with Gasteiger partial charge in [0.15, 0.2) is 0 Å². The minimum Gasteiger partial charge on any atom is -0.491 e. The molecule has 24 heavy (non-hydrogen) atoms. The molecule has 0 saturated carbocycles. The van der Waals surface area contributed by atoms with Crippen molar-refractivity contribution in [1.82, 2.24) is 9.97 Å². The van der Waals surface area contributed by atoms with Crippen LogP contribution in [-0.2, 0) is 0 Å². The average molecular weight is 361 g/mol. The largest absolute Gasteiger partial charge is 0.491 e. The van der Waals surface area contributed by atoms with Crippen LogP contribution in [0.4, 0.5) is 0 Å². The molecule has 2 aromatic heterocycles. The molecule has 4 nitrogen and oxygen atoms in total. The number of ether oxygens (including phenoxy) is 1. The Kier molecular flexibility index (Phi) is 5.38. The number of aromatic nitrogens is 2. The summed E-state index contributed by atoms with van der Waals surface area (Å²) < 4.78 is 5.66. The summed E-state index contributed by atoms with van der Waals surface area (Å²) in [5.74, 6) is 1.32. The van der Waals surface area contributed by atoms with Crippen molar-refractivity contribution < 1.29 is 9.84 Å². The molecule has 0 amide bonds. The van der Waals surface area contributed by atoms with Crippen molar-refractivity contribution in [2.45, 2.75) is 31.9 Å². The van der Waals surface area contributed by atoms with E-state index in [1.54, 1.807) is 29.4 Å². The van der Waals surface area contributed by atoms with E-state index in [0.717, 1.165) is 26.6 Å². The van der Waals surface area contributed by atoms with Crippen LogP contribution in [0.3, 0.4) is 0 Å². The fourth-order valence-electron chi connectivity index (χ4n) is 2.38. The first-order valence-electron chi connectivity index (χ1n) is 7.75. The molecule has 1 aromatic carbocycles. The number of rotatable bonds is 6. The first kappa shape index (κ1) is 17.2. The van der Waals surface area contributed by atoms with Crippen LogP contribution in [0.5, 0.6) is 5.75 Å². The second kappa shape index (κ2) is 7.51. The summed E-state index contributed by atoms with van der Waals surface area (Å²) >= 11 is 3.23. The quantitative estimate of drug-likeness (QED) is 0.529. The molecule has 2 heterocycles. The number of thiophene rings is 1. The van der Waals surface area contributed by atoms with Gasteiger partial charge in [-0.3, -0.25) is 0 Å². The first-order chi connectivity index (χ1) is 11.5. The third kappa shape index (κ3) is 3.88. The number of aliphatic hydroxyl groups is 1. The van der Waals surface area contributed by atoms with Crippen LogP contribution in [0.1, 0.15) is 16.0 Å². The number of nitrogens with zero attached hydrogens (tertiary/aromatic N) is 2. The molecular formula is C18H20N2O2S2. The van der Waals surface area contributed by atoms with E-state index in [4.69, 9.17) is 4.74 Å². The summed E-state index contributed by atoms with van der Waals surface area (Å²) in [6.07, 6.45) is 1.04. The Morgan fingerprint density at radius 3 is 2.88 bits per heavy atom. The minimum absolute atomic E-state index is 0.270. The number of benzene rings is 1. The van der Waals surface area contributed by atoms with E-state index in [-0.39, 0.29) is 6.61 Å². The Morgan fingerprint density at radius 2 is 2.08 bits per heavy atom. The van der Waals surface area contributed by atoms with E-state index < -0.39 is 6.10 Å². The summed E-state index contributed by atoms with van der Waals surface area (Å²) in [6, 6.07) is 7.83.